The van der Waals surface area contributed by atoms with Gasteiger partial charge in [-0.15, -0.1) is 0 Å². The molecule has 216 valence electrons. The Labute approximate surface area is 241 Å². The summed E-state index contributed by atoms with van der Waals surface area (Å²) in [5, 5.41) is 20.3. The number of amides is 1. The molecular formula is C28H26ClF3N4O4S. The summed E-state index contributed by atoms with van der Waals surface area (Å²) < 4.78 is 48.6. The molecule has 0 unspecified atom stereocenters. The van der Waals surface area contributed by atoms with E-state index < -0.39 is 34.3 Å². The number of halogens is 4. The predicted octanol–water partition coefficient (Wildman–Crippen LogP) is 4.88. The van der Waals surface area contributed by atoms with Crippen molar-refractivity contribution in [1.29, 1.82) is 0 Å². The van der Waals surface area contributed by atoms with Gasteiger partial charge in [0, 0.05) is 30.1 Å². The quantitative estimate of drug-likeness (QED) is 0.458. The van der Waals surface area contributed by atoms with E-state index in [4.69, 9.17) is 16.3 Å². The van der Waals surface area contributed by atoms with Crippen LogP contribution < -0.4 is 15.4 Å². The standard InChI is InChI=1S/C28H26ClF3N4O4S/c1-27(2,3)40-25(38)35-9-8-19(14-35)36-24(37)23(41-26(36)39)20(15-5-7-22-17(10-15)13-33-34-22)11-16-4-6-18(29)12-21(16)28(30,31)32/h4-7,10,12-13,19,37H,8-9,11,14H2,1-3H3/t19-/m0/s1. The number of alkyl halides is 3. The molecule has 2 aliphatic rings. The summed E-state index contributed by atoms with van der Waals surface area (Å²) in [4.78, 5) is 26.9. The molecule has 1 N–H and O–H groups in total. The maximum atomic E-state index is 14.0. The molecule has 13 heteroatoms. The highest BCUT2D eigenvalue weighted by Gasteiger charge is 2.36. The number of thiazole rings is 1. The van der Waals surface area contributed by atoms with E-state index in [1.807, 2.05) is 0 Å². The third-order valence-electron chi connectivity index (χ3n) is 6.75. The fraction of sp³-hybridized carbons (Fsp3) is 0.357. The van der Waals surface area contributed by atoms with E-state index in [-0.39, 0.29) is 34.3 Å². The molecule has 0 bridgehead atoms. The van der Waals surface area contributed by atoms with Crippen LogP contribution in [0.5, 0.6) is 5.88 Å². The van der Waals surface area contributed by atoms with Gasteiger partial charge in [0.1, 0.15) is 5.60 Å². The Balaban J connectivity index is 1.60. The number of aromatic nitrogens is 1. The lowest BCUT2D eigenvalue weighted by Gasteiger charge is -2.24. The number of fused-ring (bicyclic) bond motifs is 1. The third kappa shape index (κ3) is 6.03. The van der Waals surface area contributed by atoms with Crippen molar-refractivity contribution >= 4 is 40.8 Å². The van der Waals surface area contributed by atoms with Crippen LogP contribution in [0.2, 0.25) is 5.02 Å². The molecule has 3 heterocycles. The normalized spacial score (nSPS) is 17.4. The molecule has 0 spiro atoms. The van der Waals surface area contributed by atoms with Gasteiger partial charge in [0.2, 0.25) is 5.88 Å². The number of ether oxygens (including phenoxy) is 1. The van der Waals surface area contributed by atoms with Crippen LogP contribution in [-0.2, 0) is 17.3 Å². The van der Waals surface area contributed by atoms with Crippen molar-refractivity contribution in [3.05, 3.63) is 83.2 Å². The topological polar surface area (TPSA) is 96.5 Å². The van der Waals surface area contributed by atoms with Crippen LogP contribution in [0.25, 0.3) is 5.57 Å². The minimum Gasteiger partial charge on any atom is -0.493 e. The number of benzene rings is 2. The van der Waals surface area contributed by atoms with E-state index in [0.29, 0.717) is 34.7 Å². The molecule has 1 aromatic heterocycles. The first-order valence-corrected chi connectivity index (χ1v) is 13.9. The monoisotopic (exact) mass is 606 g/mol. The summed E-state index contributed by atoms with van der Waals surface area (Å²) in [6, 6.07) is 8.05. The van der Waals surface area contributed by atoms with Crippen molar-refractivity contribution in [1.82, 2.24) is 9.47 Å². The van der Waals surface area contributed by atoms with E-state index in [1.165, 1.54) is 27.8 Å². The molecule has 1 fully saturated rings. The fourth-order valence-electron chi connectivity index (χ4n) is 4.90. The number of carbonyl (C=O) groups is 1. The highest BCUT2D eigenvalue weighted by molar-refractivity contribution is 7.10. The van der Waals surface area contributed by atoms with Gasteiger partial charge < -0.3 is 14.7 Å². The second-order valence-corrected chi connectivity index (χ2v) is 12.2. The summed E-state index contributed by atoms with van der Waals surface area (Å²) in [5.41, 5.74) is -0.698. The number of carbonyl (C=O) groups excluding carboxylic acids is 1. The SMILES string of the molecule is CC(C)(C)OC(=O)N1CC[C@H](n2c(O)c(C(Cc3ccc(Cl)cc3C(F)(F)F)=c3ccc4c(c3)C=NN=4)sc2=O)C1. The van der Waals surface area contributed by atoms with Crippen molar-refractivity contribution in [3.63, 3.8) is 0 Å². The summed E-state index contributed by atoms with van der Waals surface area (Å²) in [5.74, 6) is -0.368. The van der Waals surface area contributed by atoms with Crippen LogP contribution in [0.1, 0.15) is 54.8 Å². The van der Waals surface area contributed by atoms with Gasteiger partial charge in [-0.2, -0.15) is 23.4 Å². The van der Waals surface area contributed by atoms with E-state index in [1.54, 1.807) is 39.0 Å². The fourth-order valence-corrected chi connectivity index (χ4v) is 6.09. The molecule has 1 saturated heterocycles. The highest BCUT2D eigenvalue weighted by atomic mass is 35.5. The van der Waals surface area contributed by atoms with Crippen LogP contribution in [0.15, 0.2) is 51.4 Å². The lowest BCUT2D eigenvalue weighted by molar-refractivity contribution is -0.138. The van der Waals surface area contributed by atoms with Crippen molar-refractivity contribution in [2.24, 2.45) is 10.2 Å². The van der Waals surface area contributed by atoms with E-state index in [2.05, 4.69) is 10.2 Å². The Morgan fingerprint density at radius 2 is 1.95 bits per heavy atom. The minimum absolute atomic E-state index is 0.0626. The van der Waals surface area contributed by atoms with E-state index >= 15 is 0 Å². The van der Waals surface area contributed by atoms with Gasteiger partial charge in [0.15, 0.2) is 0 Å². The van der Waals surface area contributed by atoms with Crippen LogP contribution in [0.3, 0.4) is 0 Å². The molecule has 5 rings (SSSR count). The zero-order chi connectivity index (χ0) is 29.7. The number of hydrogen-bond donors (Lipinski definition) is 1. The molecule has 0 aliphatic carbocycles. The zero-order valence-corrected chi connectivity index (χ0v) is 23.9. The molecule has 2 aromatic carbocycles. The van der Waals surface area contributed by atoms with Gasteiger partial charge in [-0.1, -0.05) is 35.1 Å². The molecule has 0 radical (unpaired) electrons. The van der Waals surface area contributed by atoms with Crippen LogP contribution in [0.4, 0.5) is 18.0 Å². The Bertz CT molecular complexity index is 1740. The summed E-state index contributed by atoms with van der Waals surface area (Å²) in [6.07, 6.45) is -3.53. The second kappa shape index (κ2) is 10.6. The average Bonchev–Trinajstić information content (AvgIpc) is 3.60. The molecular weight excluding hydrogens is 581 g/mol. The van der Waals surface area contributed by atoms with Gasteiger partial charge in [0.05, 0.1) is 28.1 Å². The third-order valence-corrected chi connectivity index (χ3v) is 7.99. The lowest BCUT2D eigenvalue weighted by atomic mass is 9.96. The molecule has 1 atom stereocenters. The number of nitrogens with zero attached hydrogens (tertiary/aromatic N) is 4. The smallest absolute Gasteiger partial charge is 0.416 e. The average molecular weight is 607 g/mol. The van der Waals surface area contributed by atoms with Gasteiger partial charge >= 0.3 is 17.1 Å². The van der Waals surface area contributed by atoms with E-state index in [0.717, 1.165) is 17.4 Å². The summed E-state index contributed by atoms with van der Waals surface area (Å²) >= 11 is 6.64. The van der Waals surface area contributed by atoms with Crippen LogP contribution >= 0.6 is 22.9 Å². The molecule has 1 amide bonds. The van der Waals surface area contributed by atoms with Crippen molar-refractivity contribution in [2.45, 2.75) is 51.4 Å². The summed E-state index contributed by atoms with van der Waals surface area (Å²) in [7, 11) is 0. The first-order chi connectivity index (χ1) is 19.2. The number of aromatic hydroxyl groups is 1. The maximum absolute atomic E-state index is 14.0. The minimum atomic E-state index is -4.68. The first kappa shape index (κ1) is 28.9. The Kier molecular flexibility index (Phi) is 7.49. The van der Waals surface area contributed by atoms with Crippen molar-refractivity contribution < 1.29 is 27.8 Å². The molecule has 3 aromatic rings. The summed E-state index contributed by atoms with van der Waals surface area (Å²) in [6.45, 7) is 5.71. The molecule has 0 saturated carbocycles. The first-order valence-electron chi connectivity index (χ1n) is 12.7. The maximum Gasteiger partial charge on any atom is 0.416 e. The predicted molar refractivity (Wildman–Crippen MR) is 149 cm³/mol. The van der Waals surface area contributed by atoms with Gasteiger partial charge in [-0.3, -0.25) is 9.36 Å². The Hall–Kier alpha value is -3.64. The largest absolute Gasteiger partial charge is 0.493 e. The molecule has 8 nitrogen and oxygen atoms in total. The lowest BCUT2D eigenvalue weighted by Crippen LogP contribution is -2.35. The number of likely N-dealkylation sites (tertiary alicyclic amines) is 1. The van der Waals surface area contributed by atoms with Gasteiger partial charge in [-0.25, -0.2) is 4.79 Å². The number of hydrogen-bond acceptors (Lipinski definition) is 7. The van der Waals surface area contributed by atoms with Crippen molar-refractivity contribution in [3.8, 4) is 5.88 Å². The van der Waals surface area contributed by atoms with Crippen LogP contribution in [-0.4, -0.2) is 45.6 Å². The van der Waals surface area contributed by atoms with Gasteiger partial charge in [-0.05, 0) is 67.8 Å². The highest BCUT2D eigenvalue weighted by Crippen LogP contribution is 2.38. The van der Waals surface area contributed by atoms with Crippen molar-refractivity contribution in [2.75, 3.05) is 13.1 Å². The van der Waals surface area contributed by atoms with Gasteiger partial charge in [0.25, 0.3) is 0 Å². The Morgan fingerprint density at radius 1 is 1.20 bits per heavy atom. The molecule has 41 heavy (non-hydrogen) atoms. The number of rotatable bonds is 4. The molecule has 2 aliphatic heterocycles. The second-order valence-electron chi connectivity index (χ2n) is 10.8. The van der Waals surface area contributed by atoms with Crippen LogP contribution in [0, 0.1) is 0 Å². The Morgan fingerprint density at radius 3 is 2.66 bits per heavy atom. The zero-order valence-electron chi connectivity index (χ0n) is 22.3. The van der Waals surface area contributed by atoms with E-state index in [9.17, 15) is 27.9 Å².